The zero-order valence-corrected chi connectivity index (χ0v) is 12.2. The highest BCUT2D eigenvalue weighted by molar-refractivity contribution is 6.31. The highest BCUT2D eigenvalue weighted by Crippen LogP contribution is 2.23. The van der Waals surface area contributed by atoms with Crippen LogP contribution in [0.2, 0.25) is 5.02 Å². The van der Waals surface area contributed by atoms with Crippen molar-refractivity contribution in [2.75, 3.05) is 12.4 Å². The van der Waals surface area contributed by atoms with E-state index in [1.165, 1.54) is 6.07 Å². The van der Waals surface area contributed by atoms with E-state index in [1.807, 2.05) is 31.2 Å². The molecule has 0 saturated carbocycles. The van der Waals surface area contributed by atoms with Crippen molar-refractivity contribution in [3.8, 4) is 5.75 Å². The van der Waals surface area contributed by atoms with E-state index < -0.39 is 5.82 Å². The summed E-state index contributed by atoms with van der Waals surface area (Å²) in [5.74, 6) is 0.422. The van der Waals surface area contributed by atoms with Gasteiger partial charge in [-0.1, -0.05) is 29.8 Å². The van der Waals surface area contributed by atoms with Crippen LogP contribution in [0.15, 0.2) is 42.5 Å². The van der Waals surface area contributed by atoms with E-state index >= 15 is 0 Å². The Morgan fingerprint density at radius 1 is 1.20 bits per heavy atom. The number of ether oxygens (including phenoxy) is 1. The van der Waals surface area contributed by atoms with Gasteiger partial charge in [-0.3, -0.25) is 0 Å². The second-order valence-corrected chi connectivity index (χ2v) is 5.11. The molecule has 4 heteroatoms. The Balaban J connectivity index is 2.01. The molecule has 0 aromatic heterocycles. The Hall–Kier alpha value is -1.74. The van der Waals surface area contributed by atoms with Crippen LogP contribution in [0.5, 0.6) is 5.75 Å². The third kappa shape index (κ3) is 3.64. The molecule has 2 rings (SSSR count). The molecule has 0 radical (unpaired) electrons. The van der Waals surface area contributed by atoms with Gasteiger partial charge in [0.2, 0.25) is 0 Å². The fraction of sp³-hybridized carbons (Fsp3) is 0.250. The van der Waals surface area contributed by atoms with E-state index in [9.17, 15) is 4.39 Å². The number of hydrogen-bond acceptors (Lipinski definition) is 2. The molecule has 2 aromatic rings. The number of hydrogen-bond donors (Lipinski definition) is 1. The number of nitrogens with one attached hydrogen (secondary N) is 1. The lowest BCUT2D eigenvalue weighted by Gasteiger charge is -2.16. The van der Waals surface area contributed by atoms with Gasteiger partial charge in [-0.15, -0.1) is 0 Å². The summed E-state index contributed by atoms with van der Waals surface area (Å²) in [5.41, 5.74) is 1.59. The summed E-state index contributed by atoms with van der Waals surface area (Å²) in [6, 6.07) is 12.9. The molecular weight excluding hydrogens is 277 g/mol. The average molecular weight is 294 g/mol. The number of anilines is 1. The van der Waals surface area contributed by atoms with Crippen molar-refractivity contribution in [3.05, 3.63) is 58.9 Å². The lowest BCUT2D eigenvalue weighted by atomic mass is 10.1. The molecule has 0 bridgehead atoms. The summed E-state index contributed by atoms with van der Waals surface area (Å²) < 4.78 is 18.9. The Bertz CT molecular complexity index is 571. The molecule has 0 aliphatic rings. The Labute approximate surface area is 123 Å². The molecule has 2 nitrogen and oxygen atoms in total. The number of rotatable bonds is 5. The van der Waals surface area contributed by atoms with Crippen molar-refractivity contribution in [3.63, 3.8) is 0 Å². The summed E-state index contributed by atoms with van der Waals surface area (Å²) >= 11 is 5.76. The molecular formula is C16H17ClFNO. The van der Waals surface area contributed by atoms with Gasteiger partial charge >= 0.3 is 0 Å². The van der Waals surface area contributed by atoms with Crippen LogP contribution in [-0.4, -0.2) is 13.2 Å². The molecule has 1 N–H and O–H groups in total. The monoisotopic (exact) mass is 293 g/mol. The van der Waals surface area contributed by atoms with Crippen molar-refractivity contribution >= 4 is 17.3 Å². The van der Waals surface area contributed by atoms with E-state index in [-0.39, 0.29) is 11.1 Å². The number of benzene rings is 2. The standard InChI is InChI=1S/C16H17ClFNO/c1-11(10-12-6-8-13(20-2)9-7-12)19-15-5-3-4-14(17)16(15)18/h3-9,11,19H,10H2,1-2H3. The van der Waals surface area contributed by atoms with Crippen molar-refractivity contribution in [2.45, 2.75) is 19.4 Å². The predicted octanol–water partition coefficient (Wildman–Crippen LogP) is 4.53. The first-order chi connectivity index (χ1) is 9.60. The maximum atomic E-state index is 13.8. The summed E-state index contributed by atoms with van der Waals surface area (Å²) in [6.45, 7) is 2.00. The van der Waals surface area contributed by atoms with Crippen LogP contribution in [0, 0.1) is 5.82 Å². The molecule has 0 saturated heterocycles. The topological polar surface area (TPSA) is 21.3 Å². The molecule has 2 aromatic carbocycles. The number of halogens is 2. The first-order valence-electron chi connectivity index (χ1n) is 6.43. The van der Waals surface area contributed by atoms with Crippen LogP contribution < -0.4 is 10.1 Å². The van der Waals surface area contributed by atoms with E-state index in [1.54, 1.807) is 19.2 Å². The molecule has 0 spiro atoms. The van der Waals surface area contributed by atoms with Crippen LogP contribution in [0.25, 0.3) is 0 Å². The largest absolute Gasteiger partial charge is 0.497 e. The highest BCUT2D eigenvalue weighted by atomic mass is 35.5. The van der Waals surface area contributed by atoms with Gasteiger partial charge in [0.1, 0.15) is 5.75 Å². The van der Waals surface area contributed by atoms with Crippen LogP contribution in [0.1, 0.15) is 12.5 Å². The van der Waals surface area contributed by atoms with Crippen LogP contribution in [0.4, 0.5) is 10.1 Å². The molecule has 106 valence electrons. The lowest BCUT2D eigenvalue weighted by molar-refractivity contribution is 0.414. The SMILES string of the molecule is COc1ccc(CC(C)Nc2cccc(Cl)c2F)cc1. The second kappa shape index (κ2) is 6.62. The van der Waals surface area contributed by atoms with Crippen molar-refractivity contribution in [1.82, 2.24) is 0 Å². The highest BCUT2D eigenvalue weighted by Gasteiger charge is 2.09. The van der Waals surface area contributed by atoms with Crippen molar-refractivity contribution in [2.24, 2.45) is 0 Å². The fourth-order valence-corrected chi connectivity index (χ4v) is 2.22. The quantitative estimate of drug-likeness (QED) is 0.874. The minimum Gasteiger partial charge on any atom is -0.497 e. The zero-order chi connectivity index (χ0) is 14.5. The molecule has 0 aliphatic carbocycles. The molecule has 20 heavy (non-hydrogen) atoms. The normalized spacial score (nSPS) is 12.0. The van der Waals surface area contributed by atoms with Gasteiger partial charge in [0.15, 0.2) is 5.82 Å². The third-order valence-electron chi connectivity index (χ3n) is 3.05. The predicted molar refractivity (Wildman–Crippen MR) is 81.2 cm³/mol. The lowest BCUT2D eigenvalue weighted by Crippen LogP contribution is -2.18. The number of methoxy groups -OCH3 is 1. The van der Waals surface area contributed by atoms with Gasteiger partial charge in [-0.2, -0.15) is 0 Å². The van der Waals surface area contributed by atoms with Crippen LogP contribution in [-0.2, 0) is 6.42 Å². The average Bonchev–Trinajstić information content (AvgIpc) is 2.45. The van der Waals surface area contributed by atoms with E-state index in [0.717, 1.165) is 17.7 Å². The van der Waals surface area contributed by atoms with Gasteiger partial charge in [-0.05, 0) is 43.2 Å². The molecule has 0 amide bonds. The molecule has 0 aliphatic heterocycles. The van der Waals surface area contributed by atoms with Crippen LogP contribution >= 0.6 is 11.6 Å². The third-order valence-corrected chi connectivity index (χ3v) is 3.35. The van der Waals surface area contributed by atoms with E-state index in [0.29, 0.717) is 5.69 Å². The molecule has 0 fully saturated rings. The van der Waals surface area contributed by atoms with Gasteiger partial charge in [0.25, 0.3) is 0 Å². The summed E-state index contributed by atoms with van der Waals surface area (Å²) in [6.07, 6.45) is 0.788. The Morgan fingerprint density at radius 3 is 2.55 bits per heavy atom. The first-order valence-corrected chi connectivity index (χ1v) is 6.81. The minimum atomic E-state index is -0.407. The van der Waals surface area contributed by atoms with Gasteiger partial charge < -0.3 is 10.1 Å². The molecule has 1 unspecified atom stereocenters. The zero-order valence-electron chi connectivity index (χ0n) is 11.5. The summed E-state index contributed by atoms with van der Waals surface area (Å²) in [7, 11) is 1.64. The summed E-state index contributed by atoms with van der Waals surface area (Å²) in [5, 5.41) is 3.27. The maximum absolute atomic E-state index is 13.8. The Kier molecular flexibility index (Phi) is 4.85. The Morgan fingerprint density at radius 2 is 1.90 bits per heavy atom. The maximum Gasteiger partial charge on any atom is 0.164 e. The van der Waals surface area contributed by atoms with E-state index in [4.69, 9.17) is 16.3 Å². The van der Waals surface area contributed by atoms with Gasteiger partial charge in [0, 0.05) is 6.04 Å². The van der Waals surface area contributed by atoms with Gasteiger partial charge in [-0.25, -0.2) is 4.39 Å². The van der Waals surface area contributed by atoms with Crippen molar-refractivity contribution in [1.29, 1.82) is 0 Å². The first kappa shape index (κ1) is 14.7. The smallest absolute Gasteiger partial charge is 0.164 e. The summed E-state index contributed by atoms with van der Waals surface area (Å²) in [4.78, 5) is 0. The molecule has 0 heterocycles. The second-order valence-electron chi connectivity index (χ2n) is 4.70. The van der Waals surface area contributed by atoms with E-state index in [2.05, 4.69) is 5.32 Å². The minimum absolute atomic E-state index is 0.0939. The molecule has 1 atom stereocenters. The van der Waals surface area contributed by atoms with Crippen LogP contribution in [0.3, 0.4) is 0 Å². The van der Waals surface area contributed by atoms with Gasteiger partial charge in [0.05, 0.1) is 17.8 Å². The fourth-order valence-electron chi connectivity index (χ4n) is 2.05. The van der Waals surface area contributed by atoms with Crippen molar-refractivity contribution < 1.29 is 9.13 Å².